The molecule has 0 unspecified atom stereocenters. The SMILES string of the molecule is C=CCNC(=O)c1cccc(OCCOc2ccccc2)c1. The Bertz CT molecular complexity index is 611. The first kappa shape index (κ1) is 15.6. The zero-order valence-electron chi connectivity index (χ0n) is 12.3. The lowest BCUT2D eigenvalue weighted by Crippen LogP contribution is -2.23. The summed E-state index contributed by atoms with van der Waals surface area (Å²) in [5.74, 6) is 1.30. The molecule has 0 aromatic heterocycles. The van der Waals surface area contributed by atoms with Gasteiger partial charge in [-0.15, -0.1) is 6.58 Å². The van der Waals surface area contributed by atoms with Crippen LogP contribution in [0.5, 0.6) is 11.5 Å². The first-order valence-corrected chi connectivity index (χ1v) is 7.09. The van der Waals surface area contributed by atoms with Gasteiger partial charge in [-0.2, -0.15) is 0 Å². The molecule has 0 saturated carbocycles. The fourth-order valence-corrected chi connectivity index (χ4v) is 1.83. The molecular weight excluding hydrogens is 278 g/mol. The van der Waals surface area contributed by atoms with Crippen LogP contribution >= 0.6 is 0 Å². The smallest absolute Gasteiger partial charge is 0.251 e. The van der Waals surface area contributed by atoms with E-state index in [4.69, 9.17) is 9.47 Å². The molecular formula is C18H19NO3. The highest BCUT2D eigenvalue weighted by molar-refractivity contribution is 5.94. The van der Waals surface area contributed by atoms with Gasteiger partial charge >= 0.3 is 0 Å². The Kier molecular flexibility index (Phi) is 6.05. The molecule has 0 heterocycles. The highest BCUT2D eigenvalue weighted by Crippen LogP contribution is 2.13. The van der Waals surface area contributed by atoms with Crippen LogP contribution < -0.4 is 14.8 Å². The van der Waals surface area contributed by atoms with Crippen molar-refractivity contribution >= 4 is 5.91 Å². The number of carbonyl (C=O) groups excluding carboxylic acids is 1. The molecule has 114 valence electrons. The molecule has 4 heteroatoms. The molecule has 1 N–H and O–H groups in total. The van der Waals surface area contributed by atoms with Gasteiger partial charge < -0.3 is 14.8 Å². The molecule has 0 bridgehead atoms. The van der Waals surface area contributed by atoms with Crippen molar-refractivity contribution in [2.24, 2.45) is 0 Å². The lowest BCUT2D eigenvalue weighted by Gasteiger charge is -2.09. The van der Waals surface area contributed by atoms with Crippen molar-refractivity contribution in [3.05, 3.63) is 72.8 Å². The molecule has 2 aromatic rings. The molecule has 4 nitrogen and oxygen atoms in total. The number of nitrogens with one attached hydrogen (secondary N) is 1. The maximum atomic E-state index is 11.8. The predicted octanol–water partition coefficient (Wildman–Crippen LogP) is 3.06. The Morgan fingerprint density at radius 2 is 1.68 bits per heavy atom. The molecule has 2 aromatic carbocycles. The Labute approximate surface area is 130 Å². The highest BCUT2D eigenvalue weighted by Gasteiger charge is 2.05. The van der Waals surface area contributed by atoms with Crippen molar-refractivity contribution in [2.45, 2.75) is 0 Å². The summed E-state index contributed by atoms with van der Waals surface area (Å²) in [6, 6.07) is 16.6. The van der Waals surface area contributed by atoms with Crippen LogP contribution in [-0.4, -0.2) is 25.7 Å². The van der Waals surface area contributed by atoms with Crippen molar-refractivity contribution < 1.29 is 14.3 Å². The lowest BCUT2D eigenvalue weighted by atomic mass is 10.2. The summed E-state index contributed by atoms with van der Waals surface area (Å²) in [4.78, 5) is 11.8. The van der Waals surface area contributed by atoms with Gasteiger partial charge in [0, 0.05) is 12.1 Å². The maximum Gasteiger partial charge on any atom is 0.251 e. The van der Waals surface area contributed by atoms with E-state index in [-0.39, 0.29) is 5.91 Å². The van der Waals surface area contributed by atoms with Gasteiger partial charge in [0.05, 0.1) is 0 Å². The number of hydrogen-bond donors (Lipinski definition) is 1. The second kappa shape index (κ2) is 8.52. The summed E-state index contributed by atoms with van der Waals surface area (Å²) in [6.07, 6.45) is 1.64. The van der Waals surface area contributed by atoms with Crippen molar-refractivity contribution in [2.75, 3.05) is 19.8 Å². The van der Waals surface area contributed by atoms with Gasteiger partial charge in [0.25, 0.3) is 5.91 Å². The standard InChI is InChI=1S/C18H19NO3/c1-2-11-19-18(20)15-7-6-10-17(14-15)22-13-12-21-16-8-4-3-5-9-16/h2-10,14H,1,11-13H2,(H,19,20). The van der Waals surface area contributed by atoms with Crippen LogP contribution in [0.3, 0.4) is 0 Å². The van der Waals surface area contributed by atoms with Crippen LogP contribution in [0.25, 0.3) is 0 Å². The second-order valence-corrected chi connectivity index (χ2v) is 4.54. The minimum atomic E-state index is -0.147. The van der Waals surface area contributed by atoms with Crippen molar-refractivity contribution in [1.29, 1.82) is 0 Å². The summed E-state index contributed by atoms with van der Waals surface area (Å²) >= 11 is 0. The number of para-hydroxylation sites is 1. The molecule has 1 amide bonds. The van der Waals surface area contributed by atoms with E-state index in [0.29, 0.717) is 31.1 Å². The summed E-state index contributed by atoms with van der Waals surface area (Å²) in [5.41, 5.74) is 0.559. The Balaban J connectivity index is 1.80. The molecule has 0 fully saturated rings. The van der Waals surface area contributed by atoms with E-state index in [1.54, 1.807) is 24.3 Å². The summed E-state index contributed by atoms with van der Waals surface area (Å²) < 4.78 is 11.1. The fraction of sp³-hybridized carbons (Fsp3) is 0.167. The molecule has 22 heavy (non-hydrogen) atoms. The van der Waals surface area contributed by atoms with Gasteiger partial charge in [-0.05, 0) is 30.3 Å². The Morgan fingerprint density at radius 3 is 2.41 bits per heavy atom. The van der Waals surface area contributed by atoms with E-state index >= 15 is 0 Å². The zero-order chi connectivity index (χ0) is 15.6. The van der Waals surface area contributed by atoms with Gasteiger partial charge in [-0.1, -0.05) is 30.3 Å². The van der Waals surface area contributed by atoms with E-state index in [1.165, 1.54) is 0 Å². The van der Waals surface area contributed by atoms with Crippen LogP contribution in [0, 0.1) is 0 Å². The third-order valence-corrected chi connectivity index (χ3v) is 2.87. The molecule has 2 rings (SSSR count). The quantitative estimate of drug-likeness (QED) is 0.602. The van der Waals surface area contributed by atoms with Crippen molar-refractivity contribution in [1.82, 2.24) is 5.32 Å². The molecule has 0 radical (unpaired) electrons. The third kappa shape index (κ3) is 4.98. The van der Waals surface area contributed by atoms with E-state index in [9.17, 15) is 4.79 Å². The summed E-state index contributed by atoms with van der Waals surface area (Å²) in [7, 11) is 0. The van der Waals surface area contributed by atoms with Gasteiger partial charge in [0.15, 0.2) is 0 Å². The number of rotatable bonds is 8. The average molecular weight is 297 g/mol. The average Bonchev–Trinajstić information content (AvgIpc) is 2.58. The number of benzene rings is 2. The monoisotopic (exact) mass is 297 g/mol. The fourth-order valence-electron chi connectivity index (χ4n) is 1.83. The Morgan fingerprint density at radius 1 is 1.00 bits per heavy atom. The van der Waals surface area contributed by atoms with Crippen LogP contribution in [-0.2, 0) is 0 Å². The highest BCUT2D eigenvalue weighted by atomic mass is 16.5. The zero-order valence-corrected chi connectivity index (χ0v) is 12.3. The van der Waals surface area contributed by atoms with E-state index in [1.807, 2.05) is 36.4 Å². The van der Waals surface area contributed by atoms with Gasteiger partial charge in [0.1, 0.15) is 24.7 Å². The number of amides is 1. The summed E-state index contributed by atoms with van der Waals surface area (Å²) in [5, 5.41) is 2.73. The molecule has 0 atom stereocenters. The van der Waals surface area contributed by atoms with Gasteiger partial charge in [-0.3, -0.25) is 4.79 Å². The van der Waals surface area contributed by atoms with Crippen molar-refractivity contribution in [3.63, 3.8) is 0 Å². The van der Waals surface area contributed by atoms with Crippen LogP contribution in [0.4, 0.5) is 0 Å². The second-order valence-electron chi connectivity index (χ2n) is 4.54. The molecule has 0 aliphatic rings. The van der Waals surface area contributed by atoms with E-state index in [0.717, 1.165) is 5.75 Å². The topological polar surface area (TPSA) is 47.6 Å². The van der Waals surface area contributed by atoms with Crippen LogP contribution in [0.15, 0.2) is 67.3 Å². The molecule has 0 saturated heterocycles. The lowest BCUT2D eigenvalue weighted by molar-refractivity contribution is 0.0957. The third-order valence-electron chi connectivity index (χ3n) is 2.87. The van der Waals surface area contributed by atoms with E-state index < -0.39 is 0 Å². The number of ether oxygens (including phenoxy) is 2. The van der Waals surface area contributed by atoms with Crippen LogP contribution in [0.1, 0.15) is 10.4 Å². The minimum absolute atomic E-state index is 0.147. The molecule has 0 aliphatic carbocycles. The number of hydrogen-bond acceptors (Lipinski definition) is 3. The largest absolute Gasteiger partial charge is 0.490 e. The normalized spacial score (nSPS) is 9.82. The number of carbonyl (C=O) groups is 1. The first-order valence-electron chi connectivity index (χ1n) is 7.09. The van der Waals surface area contributed by atoms with E-state index in [2.05, 4.69) is 11.9 Å². The molecule has 0 spiro atoms. The maximum absolute atomic E-state index is 11.8. The van der Waals surface area contributed by atoms with Gasteiger partial charge in [0.2, 0.25) is 0 Å². The summed E-state index contributed by atoms with van der Waals surface area (Å²) in [6.45, 7) is 4.86. The van der Waals surface area contributed by atoms with Crippen molar-refractivity contribution in [3.8, 4) is 11.5 Å². The first-order chi connectivity index (χ1) is 10.8. The van der Waals surface area contributed by atoms with Crippen LogP contribution in [0.2, 0.25) is 0 Å². The predicted molar refractivity (Wildman–Crippen MR) is 86.4 cm³/mol. The Hall–Kier alpha value is -2.75. The minimum Gasteiger partial charge on any atom is -0.490 e. The molecule has 0 aliphatic heterocycles. The van der Waals surface area contributed by atoms with Gasteiger partial charge in [-0.25, -0.2) is 0 Å².